The molecule has 0 saturated heterocycles. The number of carbonyl (C=O) groups excluding carboxylic acids is 1. The number of nitrogens with zero attached hydrogens (tertiary/aromatic N) is 2. The summed E-state index contributed by atoms with van der Waals surface area (Å²) in [7, 11) is 0. The molecule has 0 spiro atoms. The van der Waals surface area contributed by atoms with Crippen LogP contribution < -0.4 is 19.6 Å². The Morgan fingerprint density at radius 3 is 2.64 bits per heavy atom. The Bertz CT molecular complexity index is 1620. The Labute approximate surface area is 212 Å². The zero-order chi connectivity index (χ0) is 25.4. The second-order valence-electron chi connectivity index (χ2n) is 8.85. The highest BCUT2D eigenvalue weighted by Gasteiger charge is 2.33. The predicted octanol–water partition coefficient (Wildman–Crippen LogP) is 4.07. The number of aromatic amines is 1. The van der Waals surface area contributed by atoms with Crippen LogP contribution in [0.3, 0.4) is 0 Å². The van der Waals surface area contributed by atoms with Gasteiger partial charge in [-0.3, -0.25) is 9.36 Å². The number of thiazole rings is 1. The summed E-state index contributed by atoms with van der Waals surface area (Å²) in [5.41, 5.74) is 3.30. The standard InChI is InChI=1S/C28H27N3O4S/c1-5-34-27(33)24-17(4)29-28-31(25(24)18-10-12-21(13-11-18)35-16(2)3)26(32)23(36-28)15-20-14-19-8-6-7-9-22(19)30-20/h6-16,25,30H,5H2,1-4H3/b23-15+/t25-/m1/s1. The molecule has 3 heterocycles. The summed E-state index contributed by atoms with van der Waals surface area (Å²) in [5, 5.41) is 1.07. The molecule has 2 aromatic heterocycles. The van der Waals surface area contributed by atoms with Crippen molar-refractivity contribution in [1.29, 1.82) is 0 Å². The number of hydrogen-bond donors (Lipinski definition) is 1. The van der Waals surface area contributed by atoms with Gasteiger partial charge in [-0.15, -0.1) is 0 Å². The quantitative estimate of drug-likeness (QED) is 0.404. The third-order valence-electron chi connectivity index (χ3n) is 5.92. The summed E-state index contributed by atoms with van der Waals surface area (Å²) in [6.07, 6.45) is 1.87. The summed E-state index contributed by atoms with van der Waals surface area (Å²) < 4.78 is 13.3. The van der Waals surface area contributed by atoms with E-state index in [0.29, 0.717) is 20.6 Å². The van der Waals surface area contributed by atoms with Crippen LogP contribution in [0.15, 0.2) is 75.7 Å². The third kappa shape index (κ3) is 4.40. The van der Waals surface area contributed by atoms with Gasteiger partial charge in [-0.05, 0) is 69.0 Å². The highest BCUT2D eigenvalue weighted by molar-refractivity contribution is 7.07. The summed E-state index contributed by atoms with van der Waals surface area (Å²) in [4.78, 5) is 35.3. The van der Waals surface area contributed by atoms with Gasteiger partial charge in [0, 0.05) is 11.2 Å². The molecule has 0 aliphatic carbocycles. The van der Waals surface area contributed by atoms with Crippen molar-refractivity contribution in [3.63, 3.8) is 0 Å². The maximum atomic E-state index is 13.7. The molecule has 1 N–H and O–H groups in total. The van der Waals surface area contributed by atoms with Crippen LogP contribution in [0.4, 0.5) is 0 Å². The molecule has 7 nitrogen and oxygen atoms in total. The van der Waals surface area contributed by atoms with Crippen molar-refractivity contribution >= 4 is 34.3 Å². The lowest BCUT2D eigenvalue weighted by Gasteiger charge is -2.25. The maximum Gasteiger partial charge on any atom is 0.338 e. The number of rotatable bonds is 6. The molecule has 2 aromatic carbocycles. The Hall–Kier alpha value is -3.91. The fourth-order valence-electron chi connectivity index (χ4n) is 4.42. The molecule has 1 aliphatic rings. The van der Waals surface area contributed by atoms with Gasteiger partial charge in [0.1, 0.15) is 5.75 Å². The fraction of sp³-hybridized carbons (Fsp3) is 0.250. The number of H-pyrrole nitrogens is 1. The summed E-state index contributed by atoms with van der Waals surface area (Å²) in [6.45, 7) is 7.70. The maximum absolute atomic E-state index is 13.7. The summed E-state index contributed by atoms with van der Waals surface area (Å²) in [5.74, 6) is 0.245. The SMILES string of the molecule is CCOC(=O)C1=C(C)N=c2s/c(=C/c3cc4ccccc4[nH]3)c(=O)n2[C@@H]1c1ccc(OC(C)C)cc1. The molecular formula is C28H27N3O4S. The van der Waals surface area contributed by atoms with Crippen LogP contribution in [0.2, 0.25) is 0 Å². The smallest absolute Gasteiger partial charge is 0.338 e. The molecule has 5 rings (SSSR count). The van der Waals surface area contributed by atoms with E-state index < -0.39 is 12.0 Å². The number of benzene rings is 2. The van der Waals surface area contributed by atoms with Crippen molar-refractivity contribution in [2.45, 2.75) is 39.8 Å². The van der Waals surface area contributed by atoms with E-state index in [-0.39, 0.29) is 18.3 Å². The van der Waals surface area contributed by atoms with Gasteiger partial charge in [0.2, 0.25) is 0 Å². The lowest BCUT2D eigenvalue weighted by Crippen LogP contribution is -2.39. The molecule has 1 atom stereocenters. The van der Waals surface area contributed by atoms with Crippen molar-refractivity contribution in [1.82, 2.24) is 9.55 Å². The van der Waals surface area contributed by atoms with Crippen molar-refractivity contribution < 1.29 is 14.3 Å². The molecule has 1 aliphatic heterocycles. The van der Waals surface area contributed by atoms with Gasteiger partial charge >= 0.3 is 5.97 Å². The molecule has 8 heteroatoms. The van der Waals surface area contributed by atoms with Crippen LogP contribution in [-0.2, 0) is 9.53 Å². The van der Waals surface area contributed by atoms with Gasteiger partial charge < -0.3 is 14.5 Å². The molecule has 0 fully saturated rings. The summed E-state index contributed by atoms with van der Waals surface area (Å²) in [6, 6.07) is 16.8. The van der Waals surface area contributed by atoms with E-state index in [1.54, 1.807) is 18.4 Å². The first-order chi connectivity index (χ1) is 17.4. The Morgan fingerprint density at radius 1 is 1.19 bits per heavy atom. The second-order valence-corrected chi connectivity index (χ2v) is 9.86. The number of nitrogens with one attached hydrogen (secondary N) is 1. The van der Waals surface area contributed by atoms with Gasteiger partial charge in [0.15, 0.2) is 4.80 Å². The molecule has 184 valence electrons. The highest BCUT2D eigenvalue weighted by Crippen LogP contribution is 2.31. The lowest BCUT2D eigenvalue weighted by molar-refractivity contribution is -0.139. The topological polar surface area (TPSA) is 85.7 Å². The minimum Gasteiger partial charge on any atom is -0.491 e. The van der Waals surface area contributed by atoms with Crippen molar-refractivity contribution in [3.8, 4) is 5.75 Å². The molecule has 0 bridgehead atoms. The molecular weight excluding hydrogens is 474 g/mol. The van der Waals surface area contributed by atoms with Crippen LogP contribution in [0.25, 0.3) is 17.0 Å². The average molecular weight is 502 g/mol. The number of esters is 1. The molecule has 0 unspecified atom stereocenters. The van der Waals surface area contributed by atoms with Crippen molar-refractivity contribution in [2.24, 2.45) is 4.99 Å². The molecule has 0 amide bonds. The van der Waals surface area contributed by atoms with E-state index in [1.165, 1.54) is 11.3 Å². The monoisotopic (exact) mass is 501 g/mol. The van der Waals surface area contributed by atoms with Crippen LogP contribution in [0, 0.1) is 0 Å². The third-order valence-corrected chi connectivity index (χ3v) is 6.90. The number of para-hydroxylation sites is 1. The molecule has 4 aromatic rings. The van der Waals surface area contributed by atoms with Crippen LogP contribution in [-0.4, -0.2) is 28.2 Å². The molecule has 36 heavy (non-hydrogen) atoms. The van der Waals surface area contributed by atoms with E-state index in [1.807, 2.05) is 74.5 Å². The van der Waals surface area contributed by atoms with E-state index in [9.17, 15) is 9.59 Å². The second kappa shape index (κ2) is 9.62. The lowest BCUT2D eigenvalue weighted by atomic mass is 9.96. The van der Waals surface area contributed by atoms with Gasteiger partial charge in [-0.25, -0.2) is 9.79 Å². The predicted molar refractivity (Wildman–Crippen MR) is 141 cm³/mol. The largest absolute Gasteiger partial charge is 0.491 e. The molecule has 0 radical (unpaired) electrons. The Balaban J connectivity index is 1.66. The number of aromatic nitrogens is 2. The average Bonchev–Trinajstić information content (AvgIpc) is 3.38. The first-order valence-electron chi connectivity index (χ1n) is 11.9. The minimum absolute atomic E-state index is 0.0374. The van der Waals surface area contributed by atoms with Gasteiger partial charge in [-0.2, -0.15) is 0 Å². The van der Waals surface area contributed by atoms with E-state index in [4.69, 9.17) is 9.47 Å². The Morgan fingerprint density at radius 2 is 1.94 bits per heavy atom. The van der Waals surface area contributed by atoms with E-state index in [2.05, 4.69) is 9.98 Å². The van der Waals surface area contributed by atoms with Crippen molar-refractivity contribution in [2.75, 3.05) is 6.61 Å². The number of carbonyl (C=O) groups is 1. The van der Waals surface area contributed by atoms with Crippen LogP contribution in [0.5, 0.6) is 5.75 Å². The van der Waals surface area contributed by atoms with Crippen molar-refractivity contribution in [3.05, 3.63) is 96.8 Å². The first-order valence-corrected chi connectivity index (χ1v) is 12.7. The Kier molecular flexibility index (Phi) is 6.36. The normalized spacial score (nSPS) is 15.8. The fourth-order valence-corrected chi connectivity index (χ4v) is 5.46. The van der Waals surface area contributed by atoms with Crippen LogP contribution >= 0.6 is 11.3 Å². The number of allylic oxidation sites excluding steroid dienone is 1. The van der Waals surface area contributed by atoms with Gasteiger partial charge in [0.05, 0.1) is 34.6 Å². The summed E-state index contributed by atoms with van der Waals surface area (Å²) >= 11 is 1.30. The van der Waals surface area contributed by atoms with E-state index in [0.717, 1.165) is 27.9 Å². The minimum atomic E-state index is -0.654. The zero-order valence-electron chi connectivity index (χ0n) is 20.6. The zero-order valence-corrected chi connectivity index (χ0v) is 21.4. The number of ether oxygens (including phenoxy) is 2. The number of hydrogen-bond acceptors (Lipinski definition) is 6. The van der Waals surface area contributed by atoms with Crippen LogP contribution in [0.1, 0.15) is 45.0 Å². The van der Waals surface area contributed by atoms with Gasteiger partial charge in [-0.1, -0.05) is 41.7 Å². The highest BCUT2D eigenvalue weighted by atomic mass is 32.1. The first kappa shape index (κ1) is 23.8. The molecule has 0 saturated carbocycles. The van der Waals surface area contributed by atoms with Gasteiger partial charge in [0.25, 0.3) is 5.56 Å². The number of fused-ring (bicyclic) bond motifs is 2. The van der Waals surface area contributed by atoms with E-state index >= 15 is 0 Å².